The third-order valence-corrected chi connectivity index (χ3v) is 8.57. The van der Waals surface area contributed by atoms with Crippen molar-refractivity contribution in [1.29, 1.82) is 0 Å². The summed E-state index contributed by atoms with van der Waals surface area (Å²) in [7, 11) is 0. The number of nitrogens with one attached hydrogen (secondary N) is 1. The fourth-order valence-electron chi connectivity index (χ4n) is 6.18. The van der Waals surface area contributed by atoms with Gasteiger partial charge in [0.25, 0.3) is 5.91 Å². The highest BCUT2D eigenvalue weighted by molar-refractivity contribution is 5.94. The van der Waals surface area contributed by atoms with Gasteiger partial charge in [0.05, 0.1) is 33.8 Å². The average Bonchev–Trinajstić information content (AvgIpc) is 3.17. The highest BCUT2D eigenvalue weighted by atomic mass is 16.2. The number of hydrogen-bond donors (Lipinski definition) is 1. The zero-order valence-corrected chi connectivity index (χ0v) is 19.7. The van der Waals surface area contributed by atoms with Crippen LogP contribution in [0.15, 0.2) is 84.9 Å². The van der Waals surface area contributed by atoms with Crippen LogP contribution in [0.1, 0.15) is 45.0 Å². The zero-order valence-electron chi connectivity index (χ0n) is 19.7. The first-order chi connectivity index (χ1) is 16.4. The topological polar surface area (TPSA) is 58.1 Å². The highest BCUT2D eigenvalue weighted by Crippen LogP contribution is 2.70. The van der Waals surface area contributed by atoms with Crippen LogP contribution in [0.4, 0.5) is 11.4 Å². The SMILES string of the molecule is CC1(C)[C@@]2(C)CC[C@@]1(C(=O)NN(c1ccccc1)c1ccccc1)c1nc3ccccc3nc12. The molecule has 1 N–H and O–H groups in total. The molecule has 2 aliphatic carbocycles. The smallest absolute Gasteiger partial charge is 0.251 e. The molecule has 0 aliphatic heterocycles. The number of fused-ring (bicyclic) bond motifs is 6. The molecule has 170 valence electrons. The minimum Gasteiger partial charge on any atom is -0.272 e. The van der Waals surface area contributed by atoms with Gasteiger partial charge in [-0.25, -0.2) is 9.97 Å². The van der Waals surface area contributed by atoms with Crippen molar-refractivity contribution in [3.05, 3.63) is 96.3 Å². The van der Waals surface area contributed by atoms with E-state index in [1.807, 2.05) is 89.9 Å². The lowest BCUT2D eigenvalue weighted by Gasteiger charge is -2.40. The van der Waals surface area contributed by atoms with Gasteiger partial charge in [0.2, 0.25) is 0 Å². The monoisotopic (exact) mass is 448 g/mol. The van der Waals surface area contributed by atoms with Crippen molar-refractivity contribution in [1.82, 2.24) is 15.4 Å². The molecule has 0 spiro atoms. The van der Waals surface area contributed by atoms with Crippen LogP contribution in [0, 0.1) is 5.41 Å². The molecule has 4 aromatic rings. The molecule has 1 aromatic heterocycles. The molecule has 0 radical (unpaired) electrons. The van der Waals surface area contributed by atoms with E-state index in [2.05, 4.69) is 26.2 Å². The van der Waals surface area contributed by atoms with Gasteiger partial charge >= 0.3 is 0 Å². The van der Waals surface area contributed by atoms with Gasteiger partial charge in [0, 0.05) is 5.41 Å². The Hall–Kier alpha value is -3.73. The molecule has 1 heterocycles. The number of nitrogens with zero attached hydrogens (tertiary/aromatic N) is 3. The molecular formula is C29H28N4O. The van der Waals surface area contributed by atoms with Crippen molar-refractivity contribution in [2.75, 3.05) is 5.01 Å². The molecule has 34 heavy (non-hydrogen) atoms. The van der Waals surface area contributed by atoms with Crippen LogP contribution in [0.5, 0.6) is 0 Å². The third kappa shape index (κ3) is 2.58. The van der Waals surface area contributed by atoms with E-state index in [0.29, 0.717) is 0 Å². The number of carbonyl (C=O) groups is 1. The second-order valence-electron chi connectivity index (χ2n) is 10.2. The molecule has 2 atom stereocenters. The molecule has 2 aliphatic rings. The fourth-order valence-corrected chi connectivity index (χ4v) is 6.18. The van der Waals surface area contributed by atoms with Gasteiger partial charge in [0.1, 0.15) is 5.41 Å². The summed E-state index contributed by atoms with van der Waals surface area (Å²) < 4.78 is 0. The van der Waals surface area contributed by atoms with Crippen LogP contribution >= 0.6 is 0 Å². The molecule has 2 bridgehead atoms. The summed E-state index contributed by atoms with van der Waals surface area (Å²) in [5, 5.41) is 1.88. The zero-order chi connectivity index (χ0) is 23.6. The van der Waals surface area contributed by atoms with Crippen LogP contribution in [-0.2, 0) is 15.6 Å². The summed E-state index contributed by atoms with van der Waals surface area (Å²) in [5.41, 5.74) is 7.30. The summed E-state index contributed by atoms with van der Waals surface area (Å²) >= 11 is 0. The van der Waals surface area contributed by atoms with E-state index >= 15 is 0 Å². The average molecular weight is 449 g/mol. The maximum Gasteiger partial charge on any atom is 0.251 e. The Bertz CT molecular complexity index is 1360. The molecule has 3 aromatic carbocycles. The summed E-state index contributed by atoms with van der Waals surface area (Å²) in [5.74, 6) is -0.0303. The molecule has 1 saturated carbocycles. The Balaban J connectivity index is 1.50. The van der Waals surface area contributed by atoms with Crippen LogP contribution in [0.25, 0.3) is 11.0 Å². The minimum absolute atomic E-state index is 0.0303. The van der Waals surface area contributed by atoms with Crippen LogP contribution < -0.4 is 10.4 Å². The first-order valence-electron chi connectivity index (χ1n) is 11.9. The van der Waals surface area contributed by atoms with E-state index in [1.165, 1.54) is 0 Å². The van der Waals surface area contributed by atoms with E-state index in [-0.39, 0.29) is 16.7 Å². The van der Waals surface area contributed by atoms with E-state index in [1.54, 1.807) is 0 Å². The van der Waals surface area contributed by atoms with E-state index in [0.717, 1.165) is 46.6 Å². The number of benzene rings is 3. The van der Waals surface area contributed by atoms with Crippen molar-refractivity contribution in [2.24, 2.45) is 5.41 Å². The Morgan fingerprint density at radius 1 is 0.735 bits per heavy atom. The number of amides is 1. The van der Waals surface area contributed by atoms with Gasteiger partial charge in [-0.05, 0) is 54.7 Å². The first kappa shape index (κ1) is 20.8. The fraction of sp³-hybridized carbons (Fsp3) is 0.276. The second kappa shape index (κ2) is 7.13. The standard InChI is InChI=1S/C29H28N4O/c1-27(2)28(3)18-19-29(27,25-24(28)30-22-16-10-11-17-23(22)31-25)26(34)32-33(20-12-6-4-7-13-20)21-14-8-5-9-15-21/h4-17H,18-19H2,1-3H3,(H,32,34)/t28-,29-/m0/s1. The van der Waals surface area contributed by atoms with Crippen LogP contribution in [-0.4, -0.2) is 15.9 Å². The number of para-hydroxylation sites is 4. The van der Waals surface area contributed by atoms with Crippen molar-refractivity contribution in [3.63, 3.8) is 0 Å². The lowest BCUT2D eigenvalue weighted by Crippen LogP contribution is -2.55. The summed E-state index contributed by atoms with van der Waals surface area (Å²) in [4.78, 5) is 24.6. The summed E-state index contributed by atoms with van der Waals surface area (Å²) in [6, 6.07) is 27.9. The minimum atomic E-state index is -0.768. The Morgan fingerprint density at radius 2 is 1.24 bits per heavy atom. The quantitative estimate of drug-likeness (QED) is 0.399. The van der Waals surface area contributed by atoms with E-state index in [4.69, 9.17) is 9.97 Å². The van der Waals surface area contributed by atoms with Gasteiger partial charge in [-0.1, -0.05) is 69.3 Å². The van der Waals surface area contributed by atoms with Gasteiger partial charge in [-0.15, -0.1) is 0 Å². The van der Waals surface area contributed by atoms with Crippen LogP contribution in [0.3, 0.4) is 0 Å². The molecule has 1 fully saturated rings. The molecule has 0 saturated heterocycles. The largest absolute Gasteiger partial charge is 0.272 e. The molecule has 0 unspecified atom stereocenters. The third-order valence-electron chi connectivity index (χ3n) is 8.57. The van der Waals surface area contributed by atoms with Gasteiger partial charge < -0.3 is 0 Å². The number of hydrazine groups is 1. The second-order valence-corrected chi connectivity index (χ2v) is 10.2. The summed E-state index contributed by atoms with van der Waals surface area (Å²) in [6.45, 7) is 6.68. The predicted octanol–water partition coefficient (Wildman–Crippen LogP) is 5.83. The molecular weight excluding hydrogens is 420 g/mol. The van der Waals surface area contributed by atoms with Crippen molar-refractivity contribution >= 4 is 28.3 Å². The van der Waals surface area contributed by atoms with Gasteiger partial charge in [-0.3, -0.25) is 15.2 Å². The van der Waals surface area contributed by atoms with Crippen molar-refractivity contribution in [3.8, 4) is 0 Å². The maximum atomic E-state index is 14.4. The lowest BCUT2D eigenvalue weighted by molar-refractivity contribution is -0.130. The molecule has 6 rings (SSSR count). The first-order valence-corrected chi connectivity index (χ1v) is 11.9. The predicted molar refractivity (Wildman–Crippen MR) is 135 cm³/mol. The van der Waals surface area contributed by atoms with Crippen molar-refractivity contribution in [2.45, 2.75) is 44.4 Å². The maximum absolute atomic E-state index is 14.4. The number of aromatic nitrogens is 2. The van der Waals surface area contributed by atoms with Gasteiger partial charge in [0.15, 0.2) is 0 Å². The highest BCUT2D eigenvalue weighted by Gasteiger charge is 2.73. The molecule has 1 amide bonds. The van der Waals surface area contributed by atoms with Crippen LogP contribution in [0.2, 0.25) is 0 Å². The summed E-state index contributed by atoms with van der Waals surface area (Å²) in [6.07, 6.45) is 1.66. The van der Waals surface area contributed by atoms with E-state index in [9.17, 15) is 4.79 Å². The molecule has 5 heteroatoms. The number of rotatable bonds is 4. The van der Waals surface area contributed by atoms with E-state index < -0.39 is 5.41 Å². The molecule has 5 nitrogen and oxygen atoms in total. The number of anilines is 2. The van der Waals surface area contributed by atoms with Gasteiger partial charge in [-0.2, -0.15) is 0 Å². The Labute approximate surface area is 199 Å². The Kier molecular flexibility index (Phi) is 4.37. The number of carbonyl (C=O) groups excluding carboxylic acids is 1. The lowest BCUT2D eigenvalue weighted by atomic mass is 9.63. The Morgan fingerprint density at radius 3 is 1.79 bits per heavy atom. The van der Waals surface area contributed by atoms with Crippen molar-refractivity contribution < 1.29 is 4.79 Å². The normalized spacial score (nSPS) is 24.1. The number of hydrogen-bond acceptors (Lipinski definition) is 4.